The number of hydrogen-bond donors (Lipinski definition) is 0. The van der Waals surface area contributed by atoms with E-state index in [1.165, 1.54) is 5.56 Å². The standard InChI is InChI=1S/C13H11BrO/c14-10-11-6-8-13(9-7-11)15-12-4-2-1-3-5-12/h1-9H,10H2. The van der Waals surface area contributed by atoms with Gasteiger partial charge in [0.05, 0.1) is 0 Å². The summed E-state index contributed by atoms with van der Waals surface area (Å²) in [4.78, 5) is 0. The number of alkyl halides is 1. The minimum atomic E-state index is 0.865. The fourth-order valence-corrected chi connectivity index (χ4v) is 1.65. The summed E-state index contributed by atoms with van der Waals surface area (Å²) in [6.07, 6.45) is 0. The summed E-state index contributed by atoms with van der Waals surface area (Å²) in [5, 5.41) is 0.874. The average Bonchev–Trinajstić information content (AvgIpc) is 2.31. The Morgan fingerprint density at radius 2 is 1.40 bits per heavy atom. The van der Waals surface area contributed by atoms with Gasteiger partial charge in [0.25, 0.3) is 0 Å². The van der Waals surface area contributed by atoms with Crippen LogP contribution in [0.4, 0.5) is 0 Å². The number of halogens is 1. The Hall–Kier alpha value is -1.28. The summed E-state index contributed by atoms with van der Waals surface area (Å²) < 4.78 is 5.66. The lowest BCUT2D eigenvalue weighted by Gasteiger charge is -2.05. The molecule has 0 radical (unpaired) electrons. The van der Waals surface area contributed by atoms with E-state index in [1.54, 1.807) is 0 Å². The lowest BCUT2D eigenvalue weighted by Crippen LogP contribution is -1.84. The van der Waals surface area contributed by atoms with Crippen LogP contribution >= 0.6 is 15.9 Å². The highest BCUT2D eigenvalue weighted by Gasteiger charge is 1.95. The van der Waals surface area contributed by atoms with Gasteiger partial charge in [0.2, 0.25) is 0 Å². The molecule has 2 heteroatoms. The van der Waals surface area contributed by atoms with E-state index >= 15 is 0 Å². The van der Waals surface area contributed by atoms with Crippen LogP contribution in [0.1, 0.15) is 5.56 Å². The fourth-order valence-electron chi connectivity index (χ4n) is 1.27. The fraction of sp³-hybridized carbons (Fsp3) is 0.0769. The minimum Gasteiger partial charge on any atom is -0.457 e. The van der Waals surface area contributed by atoms with Crippen molar-refractivity contribution in [3.8, 4) is 11.5 Å². The Morgan fingerprint density at radius 1 is 0.800 bits per heavy atom. The molecule has 2 aromatic rings. The third-order valence-electron chi connectivity index (χ3n) is 2.06. The highest BCUT2D eigenvalue weighted by Crippen LogP contribution is 2.21. The van der Waals surface area contributed by atoms with E-state index in [9.17, 15) is 0 Å². The van der Waals surface area contributed by atoms with Gasteiger partial charge in [-0.3, -0.25) is 0 Å². The van der Waals surface area contributed by atoms with Crippen molar-refractivity contribution in [2.75, 3.05) is 0 Å². The Morgan fingerprint density at radius 3 is 2.00 bits per heavy atom. The smallest absolute Gasteiger partial charge is 0.127 e. The van der Waals surface area contributed by atoms with Crippen LogP contribution in [0.5, 0.6) is 11.5 Å². The first-order chi connectivity index (χ1) is 7.38. The van der Waals surface area contributed by atoms with Gasteiger partial charge < -0.3 is 4.74 Å². The topological polar surface area (TPSA) is 9.23 Å². The molecule has 0 aliphatic carbocycles. The van der Waals surface area contributed by atoms with Crippen molar-refractivity contribution in [1.82, 2.24) is 0 Å². The summed E-state index contributed by atoms with van der Waals surface area (Å²) in [5.41, 5.74) is 1.25. The molecule has 0 saturated carbocycles. The van der Waals surface area contributed by atoms with E-state index in [0.717, 1.165) is 16.8 Å². The molecular weight excluding hydrogens is 252 g/mol. The van der Waals surface area contributed by atoms with Crippen LogP contribution in [0.15, 0.2) is 54.6 Å². The molecule has 76 valence electrons. The zero-order valence-electron chi connectivity index (χ0n) is 8.19. The summed E-state index contributed by atoms with van der Waals surface area (Å²) in [6, 6.07) is 17.8. The van der Waals surface area contributed by atoms with Crippen LogP contribution in [0.25, 0.3) is 0 Å². The molecule has 0 N–H and O–H groups in total. The molecule has 15 heavy (non-hydrogen) atoms. The Balaban J connectivity index is 2.11. The molecule has 0 heterocycles. The molecule has 2 rings (SSSR count). The maximum Gasteiger partial charge on any atom is 0.127 e. The average molecular weight is 263 g/mol. The second kappa shape index (κ2) is 4.99. The molecule has 0 amide bonds. The van der Waals surface area contributed by atoms with Crippen molar-refractivity contribution in [2.45, 2.75) is 5.33 Å². The molecule has 1 nitrogen and oxygen atoms in total. The van der Waals surface area contributed by atoms with Crippen LogP contribution in [0.3, 0.4) is 0 Å². The van der Waals surface area contributed by atoms with E-state index in [2.05, 4.69) is 15.9 Å². The highest BCUT2D eigenvalue weighted by atomic mass is 79.9. The zero-order chi connectivity index (χ0) is 10.5. The summed E-state index contributed by atoms with van der Waals surface area (Å²) in [7, 11) is 0. The lowest BCUT2D eigenvalue weighted by atomic mass is 10.2. The SMILES string of the molecule is BrCc1ccc(Oc2ccccc2)cc1. The van der Waals surface area contributed by atoms with E-state index in [1.807, 2.05) is 54.6 Å². The van der Waals surface area contributed by atoms with Crippen LogP contribution in [-0.2, 0) is 5.33 Å². The van der Waals surface area contributed by atoms with Gasteiger partial charge in [0.15, 0.2) is 0 Å². The molecule has 0 spiro atoms. The molecule has 2 aromatic carbocycles. The van der Waals surface area contributed by atoms with Gasteiger partial charge in [0, 0.05) is 5.33 Å². The van der Waals surface area contributed by atoms with Crippen molar-refractivity contribution < 1.29 is 4.74 Å². The lowest BCUT2D eigenvalue weighted by molar-refractivity contribution is 0.482. The van der Waals surface area contributed by atoms with E-state index in [0.29, 0.717) is 0 Å². The molecule has 0 aliphatic rings. The van der Waals surface area contributed by atoms with Crippen LogP contribution < -0.4 is 4.74 Å². The maximum atomic E-state index is 5.66. The molecule has 0 bridgehead atoms. The number of hydrogen-bond acceptors (Lipinski definition) is 1. The first-order valence-electron chi connectivity index (χ1n) is 4.76. The summed E-state index contributed by atoms with van der Waals surface area (Å²) >= 11 is 3.41. The summed E-state index contributed by atoms with van der Waals surface area (Å²) in [5.74, 6) is 1.73. The molecule has 0 atom stereocenters. The quantitative estimate of drug-likeness (QED) is 0.747. The molecule has 0 fully saturated rings. The highest BCUT2D eigenvalue weighted by molar-refractivity contribution is 9.08. The number of rotatable bonds is 3. The minimum absolute atomic E-state index is 0.865. The summed E-state index contributed by atoms with van der Waals surface area (Å²) in [6.45, 7) is 0. The predicted octanol–water partition coefficient (Wildman–Crippen LogP) is 4.37. The maximum absolute atomic E-state index is 5.66. The normalized spacial score (nSPS) is 9.93. The predicted molar refractivity (Wildman–Crippen MR) is 65.6 cm³/mol. The van der Waals surface area contributed by atoms with Gasteiger partial charge >= 0.3 is 0 Å². The molecule has 0 aromatic heterocycles. The van der Waals surface area contributed by atoms with Crippen molar-refractivity contribution in [3.63, 3.8) is 0 Å². The molecule has 0 unspecified atom stereocenters. The van der Waals surface area contributed by atoms with E-state index in [4.69, 9.17) is 4.74 Å². The van der Waals surface area contributed by atoms with Gasteiger partial charge in [-0.15, -0.1) is 0 Å². The first-order valence-corrected chi connectivity index (χ1v) is 5.88. The molecule has 0 saturated heterocycles. The number of para-hydroxylation sites is 1. The van der Waals surface area contributed by atoms with E-state index < -0.39 is 0 Å². The van der Waals surface area contributed by atoms with Crippen molar-refractivity contribution in [3.05, 3.63) is 60.2 Å². The number of benzene rings is 2. The third-order valence-corrected chi connectivity index (χ3v) is 2.70. The van der Waals surface area contributed by atoms with E-state index in [-0.39, 0.29) is 0 Å². The number of ether oxygens (including phenoxy) is 1. The van der Waals surface area contributed by atoms with Gasteiger partial charge in [-0.2, -0.15) is 0 Å². The van der Waals surface area contributed by atoms with Gasteiger partial charge in [-0.25, -0.2) is 0 Å². The third kappa shape index (κ3) is 2.83. The Labute approximate surface area is 97.8 Å². The van der Waals surface area contributed by atoms with Crippen molar-refractivity contribution in [1.29, 1.82) is 0 Å². The van der Waals surface area contributed by atoms with Crippen molar-refractivity contribution >= 4 is 15.9 Å². The van der Waals surface area contributed by atoms with Crippen LogP contribution in [0.2, 0.25) is 0 Å². The largest absolute Gasteiger partial charge is 0.457 e. The van der Waals surface area contributed by atoms with Gasteiger partial charge in [-0.1, -0.05) is 46.3 Å². The Kier molecular flexibility index (Phi) is 3.41. The first kappa shape index (κ1) is 10.2. The van der Waals surface area contributed by atoms with Gasteiger partial charge in [-0.05, 0) is 29.8 Å². The molecular formula is C13H11BrO. The van der Waals surface area contributed by atoms with Crippen LogP contribution in [-0.4, -0.2) is 0 Å². The second-order valence-corrected chi connectivity index (χ2v) is 3.75. The zero-order valence-corrected chi connectivity index (χ0v) is 9.78. The second-order valence-electron chi connectivity index (χ2n) is 3.19. The van der Waals surface area contributed by atoms with Crippen molar-refractivity contribution in [2.24, 2.45) is 0 Å². The van der Waals surface area contributed by atoms with Gasteiger partial charge in [0.1, 0.15) is 11.5 Å². The van der Waals surface area contributed by atoms with Crippen LogP contribution in [0, 0.1) is 0 Å². The Bertz CT molecular complexity index is 408. The monoisotopic (exact) mass is 262 g/mol. The molecule has 0 aliphatic heterocycles.